The predicted molar refractivity (Wildman–Crippen MR) is 58.1 cm³/mol. The monoisotopic (exact) mass is 223 g/mol. The van der Waals surface area contributed by atoms with Gasteiger partial charge in [0.2, 0.25) is 11.8 Å². The van der Waals surface area contributed by atoms with E-state index in [2.05, 4.69) is 5.32 Å². The van der Waals surface area contributed by atoms with Crippen LogP contribution in [0.2, 0.25) is 0 Å². The number of carbonyl (C=O) groups is 2. The normalized spacial score (nSPS) is 22.1. The van der Waals surface area contributed by atoms with Crippen molar-refractivity contribution in [2.45, 2.75) is 19.8 Å². The van der Waals surface area contributed by atoms with Crippen LogP contribution in [0.5, 0.6) is 0 Å². The van der Waals surface area contributed by atoms with Crippen LogP contribution >= 0.6 is 0 Å². The molecule has 1 N–H and O–H groups in total. The Hall–Kier alpha value is -1.57. The van der Waals surface area contributed by atoms with E-state index in [0.717, 1.165) is 6.42 Å². The highest BCUT2D eigenvalue weighted by Gasteiger charge is 2.38. The van der Waals surface area contributed by atoms with Crippen LogP contribution in [0.4, 0.5) is 0 Å². The molecule has 0 bridgehead atoms. The number of carbonyl (C=O) groups excluding carboxylic acids is 2. The quantitative estimate of drug-likeness (QED) is 0.673. The maximum absolute atomic E-state index is 11.4. The predicted octanol–water partition coefficient (Wildman–Crippen LogP) is 0.131. The summed E-state index contributed by atoms with van der Waals surface area (Å²) in [5.74, 6) is 0.554. The Morgan fingerprint density at radius 2 is 2.19 bits per heavy atom. The molecule has 0 spiro atoms. The van der Waals surface area contributed by atoms with Gasteiger partial charge in [-0.15, -0.1) is 0 Å². The molecule has 0 aromatic heterocycles. The van der Waals surface area contributed by atoms with Crippen molar-refractivity contribution in [3.8, 4) is 6.07 Å². The summed E-state index contributed by atoms with van der Waals surface area (Å²) in [4.78, 5) is 24.1. The van der Waals surface area contributed by atoms with E-state index in [0.29, 0.717) is 12.5 Å². The maximum Gasteiger partial charge on any atom is 0.224 e. The minimum Gasteiger partial charge on any atom is -0.355 e. The molecule has 1 rings (SSSR count). The van der Waals surface area contributed by atoms with E-state index >= 15 is 0 Å². The van der Waals surface area contributed by atoms with Gasteiger partial charge in [0, 0.05) is 25.9 Å². The second-order valence-electron chi connectivity index (χ2n) is 4.27. The van der Waals surface area contributed by atoms with Crippen LogP contribution in [0.1, 0.15) is 19.8 Å². The van der Waals surface area contributed by atoms with Crippen molar-refractivity contribution in [3.63, 3.8) is 0 Å². The molecule has 1 aliphatic rings. The summed E-state index contributed by atoms with van der Waals surface area (Å²) in [6, 6.07) is 1.90. The standard InChI is InChI=1S/C11H17N3O2/c1-8-7-9(8)11(16)13-5-3-10(15)14(2)6-4-12/h8-9H,3,5-7H2,1-2H3,(H,13,16). The van der Waals surface area contributed by atoms with Gasteiger partial charge in [-0.2, -0.15) is 5.26 Å². The lowest BCUT2D eigenvalue weighted by Crippen LogP contribution is -2.33. The Balaban J connectivity index is 2.13. The second kappa shape index (κ2) is 5.50. The van der Waals surface area contributed by atoms with E-state index in [1.807, 2.05) is 13.0 Å². The summed E-state index contributed by atoms with van der Waals surface area (Å²) < 4.78 is 0. The van der Waals surface area contributed by atoms with Crippen molar-refractivity contribution >= 4 is 11.8 Å². The molecule has 1 saturated carbocycles. The van der Waals surface area contributed by atoms with Gasteiger partial charge in [-0.25, -0.2) is 0 Å². The molecule has 2 amide bonds. The largest absolute Gasteiger partial charge is 0.355 e. The fourth-order valence-corrected chi connectivity index (χ4v) is 1.50. The van der Waals surface area contributed by atoms with Crippen LogP contribution in [0, 0.1) is 23.2 Å². The van der Waals surface area contributed by atoms with E-state index in [4.69, 9.17) is 5.26 Å². The highest BCUT2D eigenvalue weighted by molar-refractivity contribution is 5.82. The summed E-state index contributed by atoms with van der Waals surface area (Å²) in [6.07, 6.45) is 1.21. The third-order valence-corrected chi connectivity index (χ3v) is 2.82. The summed E-state index contributed by atoms with van der Waals surface area (Å²) >= 11 is 0. The van der Waals surface area contributed by atoms with E-state index in [9.17, 15) is 9.59 Å². The number of nitriles is 1. The molecule has 5 nitrogen and oxygen atoms in total. The van der Waals surface area contributed by atoms with Gasteiger partial charge in [0.25, 0.3) is 0 Å². The summed E-state index contributed by atoms with van der Waals surface area (Å²) in [5.41, 5.74) is 0. The molecule has 16 heavy (non-hydrogen) atoms. The molecule has 0 radical (unpaired) electrons. The van der Waals surface area contributed by atoms with E-state index in [1.54, 1.807) is 7.05 Å². The number of nitrogens with one attached hydrogen (secondary N) is 1. The Kier molecular flexibility index (Phi) is 4.29. The van der Waals surface area contributed by atoms with Crippen LogP contribution < -0.4 is 5.32 Å². The van der Waals surface area contributed by atoms with E-state index < -0.39 is 0 Å². The van der Waals surface area contributed by atoms with Crippen LogP contribution in [-0.2, 0) is 9.59 Å². The minimum absolute atomic E-state index is 0.0447. The molecule has 88 valence electrons. The van der Waals surface area contributed by atoms with Crippen molar-refractivity contribution in [2.75, 3.05) is 20.1 Å². The maximum atomic E-state index is 11.4. The topological polar surface area (TPSA) is 73.2 Å². The van der Waals surface area contributed by atoms with Crippen LogP contribution in [0.15, 0.2) is 0 Å². The summed E-state index contributed by atoms with van der Waals surface area (Å²) in [7, 11) is 1.58. The molecule has 0 saturated heterocycles. The first-order valence-corrected chi connectivity index (χ1v) is 5.45. The number of rotatable bonds is 5. The Labute approximate surface area is 95.4 Å². The molecule has 0 aromatic carbocycles. The van der Waals surface area contributed by atoms with Crippen molar-refractivity contribution in [3.05, 3.63) is 0 Å². The first-order chi connectivity index (χ1) is 7.56. The van der Waals surface area contributed by atoms with E-state index in [-0.39, 0.29) is 30.7 Å². The lowest BCUT2D eigenvalue weighted by atomic mass is 10.3. The lowest BCUT2D eigenvalue weighted by molar-refractivity contribution is -0.129. The fraction of sp³-hybridized carbons (Fsp3) is 0.727. The van der Waals surface area contributed by atoms with Gasteiger partial charge in [-0.1, -0.05) is 6.92 Å². The van der Waals surface area contributed by atoms with Crippen molar-refractivity contribution in [1.29, 1.82) is 5.26 Å². The first-order valence-electron chi connectivity index (χ1n) is 5.45. The smallest absolute Gasteiger partial charge is 0.224 e. The zero-order valence-electron chi connectivity index (χ0n) is 9.69. The van der Waals surface area contributed by atoms with Crippen LogP contribution in [0.3, 0.4) is 0 Å². The number of hydrogen-bond donors (Lipinski definition) is 1. The Bertz CT molecular complexity index is 322. The van der Waals surface area contributed by atoms with Gasteiger partial charge in [0.05, 0.1) is 6.07 Å². The minimum atomic E-state index is -0.120. The van der Waals surface area contributed by atoms with Gasteiger partial charge >= 0.3 is 0 Å². The number of hydrogen-bond acceptors (Lipinski definition) is 3. The molecular formula is C11H17N3O2. The van der Waals surface area contributed by atoms with Crippen molar-refractivity contribution in [1.82, 2.24) is 10.2 Å². The second-order valence-corrected chi connectivity index (χ2v) is 4.27. The molecular weight excluding hydrogens is 206 g/mol. The highest BCUT2D eigenvalue weighted by atomic mass is 16.2. The SMILES string of the molecule is CC1CC1C(=O)NCCC(=O)N(C)CC#N. The number of nitrogens with zero attached hydrogens (tertiary/aromatic N) is 2. The Morgan fingerprint density at radius 3 is 2.69 bits per heavy atom. The molecule has 0 aromatic rings. The average molecular weight is 223 g/mol. The molecule has 2 atom stereocenters. The van der Waals surface area contributed by atoms with Crippen molar-refractivity contribution in [2.24, 2.45) is 11.8 Å². The lowest BCUT2D eigenvalue weighted by Gasteiger charge is -2.12. The molecule has 0 aliphatic heterocycles. The third kappa shape index (κ3) is 3.54. The first kappa shape index (κ1) is 12.5. The van der Waals surface area contributed by atoms with Gasteiger partial charge in [0.1, 0.15) is 6.54 Å². The highest BCUT2D eigenvalue weighted by Crippen LogP contribution is 2.37. The number of amides is 2. The Morgan fingerprint density at radius 1 is 1.56 bits per heavy atom. The van der Waals surface area contributed by atoms with Crippen molar-refractivity contribution < 1.29 is 9.59 Å². The summed E-state index contributed by atoms with van der Waals surface area (Å²) in [5, 5.41) is 11.1. The van der Waals surface area contributed by atoms with Crippen LogP contribution in [0.25, 0.3) is 0 Å². The molecule has 0 heterocycles. The zero-order valence-corrected chi connectivity index (χ0v) is 9.69. The third-order valence-electron chi connectivity index (χ3n) is 2.82. The van der Waals surface area contributed by atoms with Gasteiger partial charge < -0.3 is 10.2 Å². The molecule has 2 unspecified atom stereocenters. The fourth-order valence-electron chi connectivity index (χ4n) is 1.50. The molecule has 1 aliphatic carbocycles. The summed E-state index contributed by atoms with van der Waals surface area (Å²) in [6.45, 7) is 2.49. The van der Waals surface area contributed by atoms with Gasteiger partial charge in [-0.05, 0) is 12.3 Å². The molecule has 1 fully saturated rings. The average Bonchev–Trinajstić information content (AvgIpc) is 2.95. The van der Waals surface area contributed by atoms with Gasteiger partial charge in [-0.3, -0.25) is 9.59 Å². The van der Waals surface area contributed by atoms with E-state index in [1.165, 1.54) is 4.90 Å². The van der Waals surface area contributed by atoms with Gasteiger partial charge in [0.15, 0.2) is 0 Å². The zero-order chi connectivity index (χ0) is 12.1. The molecule has 5 heteroatoms. The van der Waals surface area contributed by atoms with Crippen LogP contribution in [-0.4, -0.2) is 36.9 Å².